The third-order valence-corrected chi connectivity index (χ3v) is 4.77. The summed E-state index contributed by atoms with van der Waals surface area (Å²) in [4.78, 5) is 12.2. The molecule has 3 aromatic rings. The van der Waals surface area contributed by atoms with Crippen molar-refractivity contribution in [3.63, 3.8) is 0 Å². The average Bonchev–Trinajstić information content (AvgIpc) is 2.48. The number of nitrogens with zero attached hydrogens (tertiary/aromatic N) is 1. The standard InChI is InChI=1S/C14H10N2O3S/c17-14-12-8-4-5-9-16(12)15-10-13(14)20(18,19)11-6-2-1-3-7-11/h1-10H/p+1. The summed E-state index contributed by atoms with van der Waals surface area (Å²) in [5.74, 6) is 0. The smallest absolute Gasteiger partial charge is 0.281 e. The molecule has 0 aliphatic heterocycles. The minimum Gasteiger partial charge on any atom is -0.281 e. The monoisotopic (exact) mass is 287 g/mol. The van der Waals surface area contributed by atoms with Gasteiger partial charge in [-0.1, -0.05) is 22.7 Å². The Hall–Kier alpha value is -2.47. The van der Waals surface area contributed by atoms with Gasteiger partial charge in [0.25, 0.3) is 10.9 Å². The van der Waals surface area contributed by atoms with Crippen molar-refractivity contribution in [2.75, 3.05) is 0 Å². The summed E-state index contributed by atoms with van der Waals surface area (Å²) in [7, 11) is -3.82. The van der Waals surface area contributed by atoms with Crippen LogP contribution >= 0.6 is 0 Å². The molecule has 0 unspecified atom stereocenters. The van der Waals surface area contributed by atoms with Gasteiger partial charge in [-0.25, -0.2) is 8.42 Å². The molecule has 0 radical (unpaired) electrons. The molecule has 5 nitrogen and oxygen atoms in total. The molecule has 0 fully saturated rings. The van der Waals surface area contributed by atoms with Crippen molar-refractivity contribution in [3.8, 4) is 0 Å². The highest BCUT2D eigenvalue weighted by Crippen LogP contribution is 2.16. The van der Waals surface area contributed by atoms with E-state index in [1.54, 1.807) is 42.6 Å². The number of H-pyrrole nitrogens is 1. The zero-order valence-corrected chi connectivity index (χ0v) is 11.2. The fourth-order valence-electron chi connectivity index (χ4n) is 1.99. The Bertz CT molecular complexity index is 931. The van der Waals surface area contributed by atoms with E-state index in [0.29, 0.717) is 0 Å². The van der Waals surface area contributed by atoms with Crippen LogP contribution in [0.3, 0.4) is 0 Å². The van der Waals surface area contributed by atoms with Gasteiger partial charge in [-0.15, -0.1) is 0 Å². The molecule has 0 bridgehead atoms. The number of pyridine rings is 1. The van der Waals surface area contributed by atoms with E-state index in [-0.39, 0.29) is 15.3 Å². The lowest BCUT2D eigenvalue weighted by atomic mass is 10.4. The van der Waals surface area contributed by atoms with Gasteiger partial charge in [0.15, 0.2) is 0 Å². The fraction of sp³-hybridized carbons (Fsp3) is 0. The van der Waals surface area contributed by atoms with E-state index in [0.717, 1.165) is 0 Å². The van der Waals surface area contributed by atoms with E-state index in [1.807, 2.05) is 0 Å². The van der Waals surface area contributed by atoms with Gasteiger partial charge in [-0.05, 0) is 18.2 Å². The van der Waals surface area contributed by atoms with E-state index < -0.39 is 15.3 Å². The van der Waals surface area contributed by atoms with Gasteiger partial charge < -0.3 is 0 Å². The molecule has 0 saturated heterocycles. The Labute approximate surface area is 115 Å². The van der Waals surface area contributed by atoms with Crippen LogP contribution < -0.4 is 9.94 Å². The first-order valence-corrected chi connectivity index (χ1v) is 7.41. The van der Waals surface area contributed by atoms with Gasteiger partial charge in [0, 0.05) is 12.1 Å². The minimum atomic E-state index is -3.82. The fourth-order valence-corrected chi connectivity index (χ4v) is 3.31. The second-order valence-electron chi connectivity index (χ2n) is 4.24. The summed E-state index contributed by atoms with van der Waals surface area (Å²) in [6.07, 6.45) is 2.87. The van der Waals surface area contributed by atoms with Crippen LogP contribution in [0.5, 0.6) is 0 Å². The van der Waals surface area contributed by atoms with Gasteiger partial charge in [0.05, 0.1) is 11.1 Å². The average molecular weight is 287 g/mol. The second kappa shape index (κ2) is 4.57. The van der Waals surface area contributed by atoms with E-state index in [4.69, 9.17) is 0 Å². The van der Waals surface area contributed by atoms with Crippen LogP contribution in [0.2, 0.25) is 0 Å². The van der Waals surface area contributed by atoms with Crippen LogP contribution in [0, 0.1) is 0 Å². The zero-order chi connectivity index (χ0) is 14.2. The summed E-state index contributed by atoms with van der Waals surface area (Å²) >= 11 is 0. The third-order valence-electron chi connectivity index (χ3n) is 2.99. The molecule has 20 heavy (non-hydrogen) atoms. The molecule has 0 amide bonds. The van der Waals surface area contributed by atoms with Crippen molar-refractivity contribution < 1.29 is 12.9 Å². The molecule has 0 aliphatic carbocycles. The highest BCUT2D eigenvalue weighted by molar-refractivity contribution is 7.91. The molecule has 2 heterocycles. The molecular weight excluding hydrogens is 276 g/mol. The maximum atomic E-state index is 12.5. The topological polar surface area (TPSA) is 71.1 Å². The highest BCUT2D eigenvalue weighted by Gasteiger charge is 2.24. The van der Waals surface area contributed by atoms with E-state index >= 15 is 0 Å². The van der Waals surface area contributed by atoms with Gasteiger partial charge in [-0.3, -0.25) is 4.79 Å². The molecule has 6 heteroatoms. The lowest BCUT2D eigenvalue weighted by Gasteiger charge is -2.02. The first-order chi connectivity index (χ1) is 9.60. The Morgan fingerprint density at radius 3 is 2.40 bits per heavy atom. The van der Waals surface area contributed by atoms with Crippen molar-refractivity contribution in [1.29, 1.82) is 0 Å². The first-order valence-electron chi connectivity index (χ1n) is 5.93. The van der Waals surface area contributed by atoms with Gasteiger partial charge >= 0.3 is 0 Å². The van der Waals surface area contributed by atoms with Gasteiger partial charge in [0.2, 0.25) is 16.0 Å². The number of rotatable bonds is 2. The van der Waals surface area contributed by atoms with Crippen molar-refractivity contribution in [3.05, 3.63) is 71.1 Å². The Kier molecular flexibility index (Phi) is 2.87. The van der Waals surface area contributed by atoms with E-state index in [1.165, 1.54) is 22.8 Å². The van der Waals surface area contributed by atoms with Crippen LogP contribution in [0.1, 0.15) is 0 Å². The Morgan fingerprint density at radius 1 is 0.950 bits per heavy atom. The summed E-state index contributed by atoms with van der Waals surface area (Å²) in [6, 6.07) is 12.9. The van der Waals surface area contributed by atoms with Crippen LogP contribution in [0.4, 0.5) is 0 Å². The maximum Gasteiger partial charge on any atom is 0.283 e. The SMILES string of the molecule is O=c1c(S(=O)(=O)c2ccccc2)c[nH][n+]2ccccc12. The number of aromatic amines is 1. The van der Waals surface area contributed by atoms with Crippen molar-refractivity contribution >= 4 is 15.4 Å². The molecule has 1 N–H and O–H groups in total. The van der Waals surface area contributed by atoms with E-state index in [2.05, 4.69) is 5.10 Å². The number of fused-ring (bicyclic) bond motifs is 1. The Balaban J connectivity index is 2.31. The normalized spacial score (nSPS) is 11.6. The second-order valence-corrected chi connectivity index (χ2v) is 6.16. The van der Waals surface area contributed by atoms with Gasteiger partial charge in [-0.2, -0.15) is 5.10 Å². The molecule has 100 valence electrons. The number of aromatic nitrogens is 2. The lowest BCUT2D eigenvalue weighted by molar-refractivity contribution is -0.582. The molecule has 0 saturated carbocycles. The van der Waals surface area contributed by atoms with Crippen molar-refractivity contribution in [2.24, 2.45) is 0 Å². The molecule has 2 aromatic heterocycles. The van der Waals surface area contributed by atoms with Crippen molar-refractivity contribution in [2.45, 2.75) is 9.79 Å². The minimum absolute atomic E-state index is 0.103. The highest BCUT2D eigenvalue weighted by atomic mass is 32.2. The molecule has 0 aliphatic rings. The Morgan fingerprint density at radius 2 is 1.65 bits per heavy atom. The number of benzene rings is 1. The quantitative estimate of drug-likeness (QED) is 0.713. The third kappa shape index (κ3) is 1.90. The molecule has 3 rings (SSSR count). The number of hydrogen-bond acceptors (Lipinski definition) is 3. The zero-order valence-electron chi connectivity index (χ0n) is 10.4. The van der Waals surface area contributed by atoms with Crippen LogP contribution in [-0.4, -0.2) is 13.5 Å². The summed E-state index contributed by atoms with van der Waals surface area (Å²) in [6.45, 7) is 0. The van der Waals surface area contributed by atoms with Crippen molar-refractivity contribution in [1.82, 2.24) is 5.10 Å². The molecule has 1 aromatic carbocycles. The summed E-state index contributed by atoms with van der Waals surface area (Å²) < 4.78 is 26.4. The van der Waals surface area contributed by atoms with E-state index in [9.17, 15) is 13.2 Å². The predicted molar refractivity (Wildman–Crippen MR) is 72.1 cm³/mol. The van der Waals surface area contributed by atoms with Crippen LogP contribution in [0.25, 0.3) is 5.52 Å². The molecular formula is C14H11N2O3S+. The molecule has 0 atom stereocenters. The van der Waals surface area contributed by atoms with Crippen LogP contribution in [0.15, 0.2) is 75.5 Å². The van der Waals surface area contributed by atoms with Gasteiger partial charge in [0.1, 0.15) is 4.90 Å². The lowest BCUT2D eigenvalue weighted by Crippen LogP contribution is -2.34. The first kappa shape index (κ1) is 12.6. The number of sulfone groups is 1. The maximum absolute atomic E-state index is 12.5. The predicted octanol–water partition coefficient (Wildman–Crippen LogP) is 0.946. The molecule has 0 spiro atoms. The largest absolute Gasteiger partial charge is 0.283 e. The summed E-state index contributed by atoms with van der Waals surface area (Å²) in [5.41, 5.74) is -0.238. The number of hydrogen-bond donors (Lipinski definition) is 1. The summed E-state index contributed by atoms with van der Waals surface area (Å²) in [5, 5.41) is 2.77. The number of nitrogens with one attached hydrogen (secondary N) is 1. The van der Waals surface area contributed by atoms with Crippen LogP contribution in [-0.2, 0) is 9.84 Å².